The van der Waals surface area contributed by atoms with Gasteiger partial charge in [-0.15, -0.1) is 11.8 Å². The minimum absolute atomic E-state index is 0.0603. The predicted molar refractivity (Wildman–Crippen MR) is 90.6 cm³/mol. The third-order valence-electron chi connectivity index (χ3n) is 5.01. The number of hydrogen-bond acceptors (Lipinski definition) is 6. The number of imide groups is 1. The molecule has 2 aliphatic heterocycles. The molecule has 0 bridgehead atoms. The summed E-state index contributed by atoms with van der Waals surface area (Å²) in [6.07, 6.45) is 5.11. The van der Waals surface area contributed by atoms with Crippen LogP contribution in [0, 0.1) is 0 Å². The van der Waals surface area contributed by atoms with Crippen LogP contribution in [0.5, 0.6) is 0 Å². The van der Waals surface area contributed by atoms with Crippen molar-refractivity contribution in [2.75, 3.05) is 12.4 Å². The molecular formula is C16H23N3O5S. The zero-order valence-electron chi connectivity index (χ0n) is 14.2. The fourth-order valence-corrected chi connectivity index (χ4v) is 5.10. The fraction of sp³-hybridized carbons (Fsp3) is 0.750. The zero-order valence-corrected chi connectivity index (χ0v) is 15.0. The van der Waals surface area contributed by atoms with Gasteiger partial charge in [-0.25, -0.2) is 9.59 Å². The maximum absolute atomic E-state index is 12.2. The Balaban J connectivity index is 1.43. The quantitative estimate of drug-likeness (QED) is 0.709. The number of amides is 4. The number of rotatable bonds is 4. The molecule has 25 heavy (non-hydrogen) atoms. The number of ether oxygens (including phenoxy) is 1. The third kappa shape index (κ3) is 3.91. The van der Waals surface area contributed by atoms with Crippen LogP contribution in [0.15, 0.2) is 0 Å². The number of fused-ring (bicyclic) bond motifs is 1. The third-order valence-corrected chi connectivity index (χ3v) is 6.51. The summed E-state index contributed by atoms with van der Waals surface area (Å²) >= 11 is 1.56. The SMILES string of the molecule is C[C@@]12CCC(=O)N1[C@H](C(=O)OCC(=O)NC(=O)NC1CCCC1)CS2. The second-order valence-corrected chi connectivity index (χ2v) is 8.38. The zero-order chi connectivity index (χ0) is 18.0. The lowest BCUT2D eigenvalue weighted by Crippen LogP contribution is -2.48. The molecule has 3 aliphatic rings. The Morgan fingerprint density at radius 1 is 1.32 bits per heavy atom. The average molecular weight is 369 g/mol. The summed E-state index contributed by atoms with van der Waals surface area (Å²) in [6, 6.07) is -1.12. The fourth-order valence-electron chi connectivity index (χ4n) is 3.68. The van der Waals surface area contributed by atoms with Gasteiger partial charge in [0.1, 0.15) is 6.04 Å². The van der Waals surface area contributed by atoms with Crippen LogP contribution in [0.4, 0.5) is 4.79 Å². The van der Waals surface area contributed by atoms with Gasteiger partial charge in [0, 0.05) is 18.2 Å². The van der Waals surface area contributed by atoms with Crippen molar-refractivity contribution in [2.45, 2.75) is 62.4 Å². The Hall–Kier alpha value is -1.77. The van der Waals surface area contributed by atoms with E-state index >= 15 is 0 Å². The van der Waals surface area contributed by atoms with Crippen molar-refractivity contribution in [1.82, 2.24) is 15.5 Å². The van der Waals surface area contributed by atoms with E-state index < -0.39 is 30.6 Å². The maximum Gasteiger partial charge on any atom is 0.330 e. The van der Waals surface area contributed by atoms with Gasteiger partial charge in [0.05, 0.1) is 4.87 Å². The molecule has 2 atom stereocenters. The Labute approximate surface area is 150 Å². The Morgan fingerprint density at radius 2 is 2.04 bits per heavy atom. The summed E-state index contributed by atoms with van der Waals surface area (Å²) in [5.41, 5.74) is 0. The number of nitrogens with zero attached hydrogens (tertiary/aromatic N) is 1. The molecule has 0 aromatic heterocycles. The van der Waals surface area contributed by atoms with Gasteiger partial charge in [0.25, 0.3) is 5.91 Å². The van der Waals surface area contributed by atoms with Crippen LogP contribution in [0.2, 0.25) is 0 Å². The molecule has 0 unspecified atom stereocenters. The van der Waals surface area contributed by atoms with Gasteiger partial charge in [0.2, 0.25) is 5.91 Å². The van der Waals surface area contributed by atoms with Gasteiger partial charge in [0.15, 0.2) is 6.61 Å². The molecule has 8 nitrogen and oxygen atoms in total. The molecule has 0 aromatic rings. The molecule has 0 spiro atoms. The van der Waals surface area contributed by atoms with E-state index in [0.29, 0.717) is 18.6 Å². The van der Waals surface area contributed by atoms with Crippen LogP contribution in [0.3, 0.4) is 0 Å². The van der Waals surface area contributed by atoms with Gasteiger partial charge >= 0.3 is 12.0 Å². The smallest absolute Gasteiger partial charge is 0.330 e. The first-order valence-electron chi connectivity index (χ1n) is 8.62. The molecule has 3 rings (SSSR count). The van der Waals surface area contributed by atoms with Crippen molar-refractivity contribution in [3.05, 3.63) is 0 Å². The van der Waals surface area contributed by atoms with Crippen molar-refractivity contribution in [3.8, 4) is 0 Å². The van der Waals surface area contributed by atoms with Gasteiger partial charge in [-0.05, 0) is 26.2 Å². The summed E-state index contributed by atoms with van der Waals surface area (Å²) in [5.74, 6) is -0.872. The van der Waals surface area contributed by atoms with Gasteiger partial charge in [-0.1, -0.05) is 12.8 Å². The van der Waals surface area contributed by atoms with Crippen LogP contribution >= 0.6 is 11.8 Å². The first-order chi connectivity index (χ1) is 11.9. The second kappa shape index (κ2) is 7.23. The molecule has 2 saturated heterocycles. The Kier molecular flexibility index (Phi) is 5.21. The molecule has 0 radical (unpaired) electrons. The predicted octanol–water partition coefficient (Wildman–Crippen LogP) is 0.752. The number of carbonyl (C=O) groups excluding carboxylic acids is 4. The molecule has 4 amide bonds. The minimum atomic E-state index is -0.676. The normalized spacial score (nSPS) is 28.8. The minimum Gasteiger partial charge on any atom is -0.454 e. The van der Waals surface area contributed by atoms with E-state index in [2.05, 4.69) is 10.6 Å². The lowest BCUT2D eigenvalue weighted by Gasteiger charge is -2.29. The first-order valence-corrected chi connectivity index (χ1v) is 9.61. The molecule has 9 heteroatoms. The van der Waals surface area contributed by atoms with Crippen molar-refractivity contribution in [1.29, 1.82) is 0 Å². The number of nitrogens with one attached hydrogen (secondary N) is 2. The van der Waals surface area contributed by atoms with Crippen molar-refractivity contribution in [2.24, 2.45) is 0 Å². The molecule has 1 saturated carbocycles. The van der Waals surface area contributed by atoms with Crippen molar-refractivity contribution in [3.63, 3.8) is 0 Å². The summed E-state index contributed by atoms with van der Waals surface area (Å²) in [5, 5.41) is 4.89. The number of urea groups is 1. The Morgan fingerprint density at radius 3 is 2.76 bits per heavy atom. The van der Waals surface area contributed by atoms with E-state index in [4.69, 9.17) is 4.74 Å². The van der Waals surface area contributed by atoms with E-state index in [9.17, 15) is 19.2 Å². The highest BCUT2D eigenvalue weighted by atomic mass is 32.2. The molecule has 2 N–H and O–H groups in total. The van der Waals surface area contributed by atoms with Crippen molar-refractivity contribution < 1.29 is 23.9 Å². The molecule has 138 valence electrons. The number of esters is 1. The van der Waals surface area contributed by atoms with Crippen LogP contribution in [-0.2, 0) is 19.1 Å². The lowest BCUT2D eigenvalue weighted by atomic mass is 10.2. The van der Waals surface area contributed by atoms with E-state index in [1.165, 1.54) is 0 Å². The summed E-state index contributed by atoms with van der Waals surface area (Å²) < 4.78 is 5.02. The van der Waals surface area contributed by atoms with Gasteiger partial charge in [-0.2, -0.15) is 0 Å². The van der Waals surface area contributed by atoms with Crippen LogP contribution in [0.25, 0.3) is 0 Å². The van der Waals surface area contributed by atoms with Crippen molar-refractivity contribution >= 4 is 35.6 Å². The van der Waals surface area contributed by atoms with E-state index in [-0.39, 0.29) is 16.8 Å². The number of carbonyl (C=O) groups is 4. The highest BCUT2D eigenvalue weighted by molar-refractivity contribution is 8.01. The monoisotopic (exact) mass is 369 g/mol. The van der Waals surface area contributed by atoms with E-state index in [0.717, 1.165) is 25.7 Å². The first kappa shape index (κ1) is 18.0. The molecule has 1 aliphatic carbocycles. The van der Waals surface area contributed by atoms with E-state index in [1.807, 2.05) is 6.92 Å². The average Bonchev–Trinajstić information content (AvgIpc) is 3.24. The van der Waals surface area contributed by atoms with E-state index in [1.54, 1.807) is 16.7 Å². The van der Waals surface area contributed by atoms with Crippen LogP contribution < -0.4 is 10.6 Å². The van der Waals surface area contributed by atoms with Crippen LogP contribution in [0.1, 0.15) is 45.4 Å². The molecule has 0 aromatic carbocycles. The molecule has 3 fully saturated rings. The Bertz CT molecular complexity index is 592. The summed E-state index contributed by atoms with van der Waals surface area (Å²) in [7, 11) is 0. The lowest BCUT2D eigenvalue weighted by molar-refractivity contribution is -0.156. The second-order valence-electron chi connectivity index (χ2n) is 6.88. The summed E-state index contributed by atoms with van der Waals surface area (Å²) in [4.78, 5) is 48.9. The van der Waals surface area contributed by atoms with Gasteiger partial charge in [-0.3, -0.25) is 14.9 Å². The standard InChI is InChI=1S/C16H23N3O5S/c1-16-7-6-13(21)19(16)11(9-25-16)14(22)24-8-12(20)18-15(23)17-10-4-2-3-5-10/h10-11H,2-9H2,1H3,(H2,17,18,20,23)/t11-,16+/m0/s1. The van der Waals surface area contributed by atoms with Crippen LogP contribution in [-0.4, -0.2) is 58.0 Å². The number of hydrogen-bond donors (Lipinski definition) is 2. The largest absolute Gasteiger partial charge is 0.454 e. The topological polar surface area (TPSA) is 105 Å². The molecular weight excluding hydrogens is 346 g/mol. The highest BCUT2D eigenvalue weighted by Crippen LogP contribution is 2.47. The van der Waals surface area contributed by atoms with Gasteiger partial charge < -0.3 is 15.0 Å². The molecule has 2 heterocycles. The maximum atomic E-state index is 12.2. The summed E-state index contributed by atoms with van der Waals surface area (Å²) in [6.45, 7) is 1.41. The number of thioether (sulfide) groups is 1. The highest BCUT2D eigenvalue weighted by Gasteiger charge is 2.53.